The van der Waals surface area contributed by atoms with Gasteiger partial charge in [-0.2, -0.15) is 0 Å². The molecule has 0 saturated carbocycles. The summed E-state index contributed by atoms with van der Waals surface area (Å²) in [5.41, 5.74) is -0.108. The fourth-order valence-corrected chi connectivity index (χ4v) is 2.45. The minimum absolute atomic E-state index is 0.0192. The maximum atomic E-state index is 13.8. The van der Waals surface area contributed by atoms with Crippen molar-refractivity contribution in [1.29, 1.82) is 0 Å². The van der Waals surface area contributed by atoms with Gasteiger partial charge in [-0.05, 0) is 12.1 Å². The van der Waals surface area contributed by atoms with Crippen molar-refractivity contribution >= 4 is 11.6 Å². The second kappa shape index (κ2) is 5.93. The zero-order chi connectivity index (χ0) is 13.1. The number of aliphatic hydroxyl groups is 1. The van der Waals surface area contributed by atoms with Crippen molar-refractivity contribution in [2.45, 2.75) is 6.04 Å². The first-order chi connectivity index (χ1) is 8.63. The van der Waals surface area contributed by atoms with Gasteiger partial charge in [0.15, 0.2) is 0 Å². The minimum Gasteiger partial charge on any atom is -0.394 e. The van der Waals surface area contributed by atoms with E-state index in [2.05, 4.69) is 5.32 Å². The van der Waals surface area contributed by atoms with Gasteiger partial charge in [0, 0.05) is 36.8 Å². The van der Waals surface area contributed by atoms with Crippen LogP contribution in [0, 0.1) is 11.6 Å². The Hall–Kier alpha value is -0.750. The van der Waals surface area contributed by atoms with E-state index in [1.165, 1.54) is 0 Å². The average molecular weight is 277 g/mol. The highest BCUT2D eigenvalue weighted by Crippen LogP contribution is 2.28. The van der Waals surface area contributed by atoms with Gasteiger partial charge >= 0.3 is 0 Å². The van der Waals surface area contributed by atoms with E-state index in [9.17, 15) is 13.9 Å². The van der Waals surface area contributed by atoms with Gasteiger partial charge in [0.2, 0.25) is 0 Å². The van der Waals surface area contributed by atoms with E-state index in [4.69, 9.17) is 11.6 Å². The second-order valence-corrected chi connectivity index (χ2v) is 4.70. The number of aliphatic hydroxyl groups excluding tert-OH is 1. The fraction of sp³-hybridized carbons (Fsp3) is 0.500. The standard InChI is InChI=1S/C12H15ClF2N2O/c13-8-5-9(14)12(10(15)6-8)11(7-18)17-3-1-16-2-4-17/h5-6,11,16,18H,1-4,7H2/t11-/m1/s1. The van der Waals surface area contributed by atoms with Crippen LogP contribution in [0.25, 0.3) is 0 Å². The smallest absolute Gasteiger partial charge is 0.132 e. The van der Waals surface area contributed by atoms with Crippen molar-refractivity contribution in [3.05, 3.63) is 34.4 Å². The zero-order valence-corrected chi connectivity index (χ0v) is 10.6. The lowest BCUT2D eigenvalue weighted by Gasteiger charge is -2.34. The van der Waals surface area contributed by atoms with Crippen LogP contribution in [0.1, 0.15) is 11.6 Å². The highest BCUT2D eigenvalue weighted by molar-refractivity contribution is 6.30. The molecule has 1 saturated heterocycles. The summed E-state index contributed by atoms with van der Waals surface area (Å²) in [4.78, 5) is 1.87. The predicted molar refractivity (Wildman–Crippen MR) is 65.6 cm³/mol. The van der Waals surface area contributed by atoms with Crippen LogP contribution in [0.3, 0.4) is 0 Å². The molecule has 1 aliphatic rings. The highest BCUT2D eigenvalue weighted by Gasteiger charge is 2.27. The Morgan fingerprint density at radius 3 is 2.33 bits per heavy atom. The Balaban J connectivity index is 2.32. The van der Waals surface area contributed by atoms with E-state index in [-0.39, 0.29) is 17.2 Å². The van der Waals surface area contributed by atoms with Gasteiger partial charge in [-0.25, -0.2) is 8.78 Å². The van der Waals surface area contributed by atoms with Crippen LogP contribution in [0.4, 0.5) is 8.78 Å². The summed E-state index contributed by atoms with van der Waals surface area (Å²) in [6.07, 6.45) is 0. The van der Waals surface area contributed by atoms with Crippen molar-refractivity contribution < 1.29 is 13.9 Å². The third-order valence-electron chi connectivity index (χ3n) is 3.14. The van der Waals surface area contributed by atoms with Gasteiger partial charge in [-0.1, -0.05) is 11.6 Å². The van der Waals surface area contributed by atoms with Crippen molar-refractivity contribution in [3.63, 3.8) is 0 Å². The number of hydrogen-bond acceptors (Lipinski definition) is 3. The summed E-state index contributed by atoms with van der Waals surface area (Å²) in [7, 11) is 0. The number of benzene rings is 1. The molecule has 6 heteroatoms. The molecule has 100 valence electrons. The number of hydrogen-bond donors (Lipinski definition) is 2. The summed E-state index contributed by atoms with van der Waals surface area (Å²) in [6.45, 7) is 2.45. The quantitative estimate of drug-likeness (QED) is 0.879. The molecule has 0 aromatic heterocycles. The van der Waals surface area contributed by atoms with Crippen molar-refractivity contribution in [2.24, 2.45) is 0 Å². The normalized spacial score (nSPS) is 18.9. The summed E-state index contributed by atoms with van der Waals surface area (Å²) in [5, 5.41) is 12.6. The molecule has 1 aromatic rings. The largest absolute Gasteiger partial charge is 0.394 e. The topological polar surface area (TPSA) is 35.5 Å². The molecule has 1 aromatic carbocycles. The summed E-state index contributed by atoms with van der Waals surface area (Å²) in [5.74, 6) is -1.42. The minimum atomic E-state index is -0.711. The Kier molecular flexibility index (Phi) is 4.50. The second-order valence-electron chi connectivity index (χ2n) is 4.27. The van der Waals surface area contributed by atoms with Gasteiger partial charge in [-0.3, -0.25) is 4.90 Å². The molecule has 1 atom stereocenters. The monoisotopic (exact) mass is 276 g/mol. The van der Waals surface area contributed by atoms with Crippen molar-refractivity contribution in [1.82, 2.24) is 10.2 Å². The number of nitrogens with one attached hydrogen (secondary N) is 1. The molecule has 1 heterocycles. The molecular formula is C12H15ClF2N2O. The van der Waals surface area contributed by atoms with E-state index < -0.39 is 17.7 Å². The van der Waals surface area contributed by atoms with E-state index in [0.29, 0.717) is 13.1 Å². The predicted octanol–water partition coefficient (Wildman–Crippen LogP) is 1.56. The van der Waals surface area contributed by atoms with Crippen LogP contribution < -0.4 is 5.32 Å². The van der Waals surface area contributed by atoms with Crippen molar-refractivity contribution in [2.75, 3.05) is 32.8 Å². The lowest BCUT2D eigenvalue weighted by molar-refractivity contribution is 0.105. The lowest BCUT2D eigenvalue weighted by Crippen LogP contribution is -2.46. The third kappa shape index (κ3) is 2.80. The molecule has 3 nitrogen and oxygen atoms in total. The molecule has 18 heavy (non-hydrogen) atoms. The summed E-state index contributed by atoms with van der Waals surface area (Å²) in [6, 6.07) is 1.49. The van der Waals surface area contributed by atoms with Gasteiger partial charge in [0.25, 0.3) is 0 Å². The molecule has 0 radical (unpaired) electrons. The first-order valence-electron chi connectivity index (χ1n) is 5.83. The zero-order valence-electron chi connectivity index (χ0n) is 9.80. The first-order valence-corrected chi connectivity index (χ1v) is 6.21. The SMILES string of the molecule is OC[C@H](c1c(F)cc(Cl)cc1F)N1CCNCC1. The van der Waals surface area contributed by atoms with E-state index in [0.717, 1.165) is 25.2 Å². The Morgan fingerprint density at radius 2 is 1.83 bits per heavy atom. The van der Waals surface area contributed by atoms with E-state index in [1.54, 1.807) is 0 Å². The Labute approximate surface area is 109 Å². The van der Waals surface area contributed by atoms with Crippen LogP contribution in [-0.2, 0) is 0 Å². The maximum Gasteiger partial charge on any atom is 0.132 e. The van der Waals surface area contributed by atoms with Crippen LogP contribution in [0.15, 0.2) is 12.1 Å². The molecule has 0 bridgehead atoms. The van der Waals surface area contributed by atoms with Gasteiger partial charge in [0.05, 0.1) is 12.6 Å². The van der Waals surface area contributed by atoms with Gasteiger partial charge in [0.1, 0.15) is 11.6 Å². The number of rotatable bonds is 3. The van der Waals surface area contributed by atoms with Crippen LogP contribution in [0.5, 0.6) is 0 Å². The molecule has 2 N–H and O–H groups in total. The fourth-order valence-electron chi connectivity index (χ4n) is 2.25. The number of nitrogens with zero attached hydrogens (tertiary/aromatic N) is 1. The molecule has 0 spiro atoms. The van der Waals surface area contributed by atoms with Crippen LogP contribution >= 0.6 is 11.6 Å². The maximum absolute atomic E-state index is 13.8. The van der Waals surface area contributed by atoms with E-state index in [1.807, 2.05) is 4.90 Å². The molecule has 0 amide bonds. The molecule has 1 aliphatic heterocycles. The Bertz CT molecular complexity index is 402. The lowest BCUT2D eigenvalue weighted by atomic mass is 10.0. The summed E-state index contributed by atoms with van der Waals surface area (Å²) < 4.78 is 27.7. The molecule has 2 rings (SSSR count). The highest BCUT2D eigenvalue weighted by atomic mass is 35.5. The van der Waals surface area contributed by atoms with Crippen molar-refractivity contribution in [3.8, 4) is 0 Å². The molecule has 0 aliphatic carbocycles. The average Bonchev–Trinajstić information content (AvgIpc) is 2.34. The van der Waals surface area contributed by atoms with Gasteiger partial charge < -0.3 is 10.4 Å². The Morgan fingerprint density at radius 1 is 1.28 bits per heavy atom. The molecular weight excluding hydrogens is 262 g/mol. The molecule has 1 fully saturated rings. The molecule has 0 unspecified atom stereocenters. The first kappa shape index (κ1) is 13.7. The van der Waals surface area contributed by atoms with Crippen LogP contribution in [-0.4, -0.2) is 42.8 Å². The van der Waals surface area contributed by atoms with Crippen LogP contribution in [0.2, 0.25) is 5.02 Å². The number of halogens is 3. The third-order valence-corrected chi connectivity index (χ3v) is 3.36. The summed E-state index contributed by atoms with van der Waals surface area (Å²) >= 11 is 5.59. The number of piperazine rings is 1. The van der Waals surface area contributed by atoms with Gasteiger partial charge in [-0.15, -0.1) is 0 Å². The van der Waals surface area contributed by atoms with E-state index >= 15 is 0 Å².